The van der Waals surface area contributed by atoms with Crippen molar-refractivity contribution in [2.45, 2.75) is 38.5 Å². The molecule has 0 heterocycles. The fraction of sp³-hybridized carbons (Fsp3) is 0.556. The Labute approximate surface area is 123 Å². The van der Waals surface area contributed by atoms with Gasteiger partial charge in [-0.25, -0.2) is 0 Å². The first-order chi connectivity index (χ1) is 9.83. The van der Waals surface area contributed by atoms with E-state index >= 15 is 0 Å². The fourth-order valence-electron chi connectivity index (χ4n) is 2.73. The van der Waals surface area contributed by atoms with Crippen molar-refractivity contribution in [2.75, 3.05) is 26.8 Å². The molecule has 110 valence electrons. The van der Waals surface area contributed by atoms with E-state index in [1.165, 1.54) is 30.4 Å². The number of allylic oxidation sites excluding steroid dienone is 1. The van der Waals surface area contributed by atoms with Gasteiger partial charge in [0.2, 0.25) is 0 Å². The molecule has 1 aliphatic carbocycles. The summed E-state index contributed by atoms with van der Waals surface area (Å²) in [5, 5.41) is 3.38. The molecular formula is C18H27NO. The van der Waals surface area contributed by atoms with Crippen molar-refractivity contribution >= 4 is 5.57 Å². The largest absolute Gasteiger partial charge is 0.383 e. The van der Waals surface area contributed by atoms with Crippen molar-refractivity contribution in [1.29, 1.82) is 0 Å². The van der Waals surface area contributed by atoms with Crippen molar-refractivity contribution in [2.24, 2.45) is 0 Å². The lowest BCUT2D eigenvalue weighted by Gasteiger charge is -2.28. The van der Waals surface area contributed by atoms with E-state index in [-0.39, 0.29) is 0 Å². The monoisotopic (exact) mass is 273 g/mol. The van der Waals surface area contributed by atoms with Gasteiger partial charge in [0.05, 0.1) is 6.61 Å². The van der Waals surface area contributed by atoms with Crippen molar-refractivity contribution in [3.05, 3.63) is 41.5 Å². The van der Waals surface area contributed by atoms with Gasteiger partial charge in [0.15, 0.2) is 0 Å². The maximum Gasteiger partial charge on any atom is 0.0587 e. The molecule has 2 rings (SSSR count). The number of hydrogen-bond donors (Lipinski definition) is 1. The smallest absolute Gasteiger partial charge is 0.0587 e. The van der Waals surface area contributed by atoms with Crippen LogP contribution < -0.4 is 5.32 Å². The second-order valence-corrected chi connectivity index (χ2v) is 5.63. The van der Waals surface area contributed by atoms with E-state index in [1.54, 1.807) is 12.7 Å². The summed E-state index contributed by atoms with van der Waals surface area (Å²) in [5.74, 6) is 0.800. The number of benzene rings is 1. The second-order valence-electron chi connectivity index (χ2n) is 5.63. The Kier molecular flexibility index (Phi) is 6.28. The standard InChI is InChI=1S/C18H27NO/c1-15(7-6-12-19-13-14-20-2)17-10-3-4-11-18(17)16-8-5-9-16/h3-4,7,10-11,16,19H,5-6,8-9,12-14H2,1-2H3/b15-7-. The van der Waals surface area contributed by atoms with Crippen LogP contribution in [0.5, 0.6) is 0 Å². The highest BCUT2D eigenvalue weighted by atomic mass is 16.5. The Morgan fingerprint density at radius 2 is 2.10 bits per heavy atom. The maximum absolute atomic E-state index is 5.02. The molecule has 0 aromatic heterocycles. The Hall–Kier alpha value is -1.12. The Morgan fingerprint density at radius 1 is 1.30 bits per heavy atom. The second kappa shape index (κ2) is 8.23. The lowest BCUT2D eigenvalue weighted by Crippen LogP contribution is -2.19. The molecule has 0 spiro atoms. The van der Waals surface area contributed by atoms with Gasteiger partial charge < -0.3 is 10.1 Å². The molecule has 2 heteroatoms. The maximum atomic E-state index is 5.02. The molecule has 0 aliphatic heterocycles. The minimum absolute atomic E-state index is 0.785. The third-order valence-electron chi connectivity index (χ3n) is 4.19. The first kappa shape index (κ1) is 15.3. The van der Waals surface area contributed by atoms with E-state index < -0.39 is 0 Å². The summed E-state index contributed by atoms with van der Waals surface area (Å²) >= 11 is 0. The number of methoxy groups -OCH3 is 1. The van der Waals surface area contributed by atoms with Gasteiger partial charge in [-0.3, -0.25) is 0 Å². The molecule has 1 aromatic rings. The van der Waals surface area contributed by atoms with Crippen LogP contribution in [0, 0.1) is 0 Å². The summed E-state index contributed by atoms with van der Waals surface area (Å²) in [5.41, 5.74) is 4.43. The molecule has 1 fully saturated rings. The van der Waals surface area contributed by atoms with Crippen molar-refractivity contribution in [1.82, 2.24) is 5.32 Å². The predicted molar refractivity (Wildman–Crippen MR) is 86.0 cm³/mol. The predicted octanol–water partition coefficient (Wildman–Crippen LogP) is 3.98. The van der Waals surface area contributed by atoms with Crippen LogP contribution in [-0.4, -0.2) is 26.8 Å². The number of hydrogen-bond acceptors (Lipinski definition) is 2. The summed E-state index contributed by atoms with van der Waals surface area (Å²) in [6.45, 7) is 4.98. The number of rotatable bonds is 8. The third-order valence-corrected chi connectivity index (χ3v) is 4.19. The Morgan fingerprint density at radius 3 is 2.80 bits per heavy atom. The molecule has 2 nitrogen and oxygen atoms in total. The molecular weight excluding hydrogens is 246 g/mol. The van der Waals surface area contributed by atoms with Gasteiger partial charge in [-0.15, -0.1) is 0 Å². The third kappa shape index (κ3) is 4.19. The van der Waals surface area contributed by atoms with Gasteiger partial charge in [-0.1, -0.05) is 36.8 Å². The topological polar surface area (TPSA) is 21.3 Å². The first-order valence-corrected chi connectivity index (χ1v) is 7.78. The van der Waals surface area contributed by atoms with Crippen LogP contribution >= 0.6 is 0 Å². The van der Waals surface area contributed by atoms with Gasteiger partial charge in [-0.05, 0) is 55.3 Å². The van der Waals surface area contributed by atoms with Gasteiger partial charge in [0.1, 0.15) is 0 Å². The van der Waals surface area contributed by atoms with Crippen LogP contribution in [0.4, 0.5) is 0 Å². The summed E-state index contributed by atoms with van der Waals surface area (Å²) in [6, 6.07) is 8.92. The van der Waals surface area contributed by atoms with Crippen molar-refractivity contribution < 1.29 is 4.74 Å². The summed E-state index contributed by atoms with van der Waals surface area (Å²) < 4.78 is 5.02. The molecule has 0 radical (unpaired) electrons. The lowest BCUT2D eigenvalue weighted by atomic mass is 9.77. The molecule has 20 heavy (non-hydrogen) atoms. The Bertz CT molecular complexity index is 435. The van der Waals surface area contributed by atoms with Crippen LogP contribution in [-0.2, 0) is 4.74 Å². The minimum Gasteiger partial charge on any atom is -0.383 e. The highest BCUT2D eigenvalue weighted by Gasteiger charge is 2.21. The highest BCUT2D eigenvalue weighted by molar-refractivity contribution is 5.67. The van der Waals surface area contributed by atoms with Gasteiger partial charge in [0, 0.05) is 13.7 Å². The van der Waals surface area contributed by atoms with E-state index in [4.69, 9.17) is 4.74 Å². The van der Waals surface area contributed by atoms with E-state index in [0.29, 0.717) is 0 Å². The van der Waals surface area contributed by atoms with Crippen LogP contribution in [0.25, 0.3) is 5.57 Å². The average Bonchev–Trinajstić information content (AvgIpc) is 2.41. The Balaban J connectivity index is 1.89. The van der Waals surface area contributed by atoms with Crippen LogP contribution in [0.3, 0.4) is 0 Å². The summed E-state index contributed by atoms with van der Waals surface area (Å²) in [6.07, 6.45) is 7.56. The lowest BCUT2D eigenvalue weighted by molar-refractivity contribution is 0.199. The zero-order chi connectivity index (χ0) is 14.2. The van der Waals surface area contributed by atoms with Crippen molar-refractivity contribution in [3.63, 3.8) is 0 Å². The van der Waals surface area contributed by atoms with E-state index in [0.717, 1.165) is 32.0 Å². The zero-order valence-corrected chi connectivity index (χ0v) is 12.8. The molecule has 0 saturated heterocycles. The van der Waals surface area contributed by atoms with Crippen LogP contribution in [0.2, 0.25) is 0 Å². The molecule has 0 atom stereocenters. The normalized spacial score (nSPS) is 16.2. The van der Waals surface area contributed by atoms with Crippen LogP contribution in [0.15, 0.2) is 30.3 Å². The number of nitrogens with one attached hydrogen (secondary N) is 1. The molecule has 1 aliphatic rings. The summed E-state index contributed by atoms with van der Waals surface area (Å²) in [4.78, 5) is 0. The molecule has 1 N–H and O–H groups in total. The van der Waals surface area contributed by atoms with E-state index in [2.05, 4.69) is 42.6 Å². The quantitative estimate of drug-likeness (QED) is 0.723. The molecule has 0 unspecified atom stereocenters. The fourth-order valence-corrected chi connectivity index (χ4v) is 2.73. The van der Waals surface area contributed by atoms with E-state index in [9.17, 15) is 0 Å². The molecule has 1 aromatic carbocycles. The van der Waals surface area contributed by atoms with Gasteiger partial charge in [-0.2, -0.15) is 0 Å². The van der Waals surface area contributed by atoms with Crippen molar-refractivity contribution in [3.8, 4) is 0 Å². The van der Waals surface area contributed by atoms with Gasteiger partial charge in [0.25, 0.3) is 0 Å². The average molecular weight is 273 g/mol. The number of ether oxygens (including phenoxy) is 1. The SMILES string of the molecule is COCCNCC/C=C(/C)c1ccccc1C1CCC1. The zero-order valence-electron chi connectivity index (χ0n) is 12.8. The van der Waals surface area contributed by atoms with Gasteiger partial charge >= 0.3 is 0 Å². The molecule has 0 bridgehead atoms. The molecule has 0 amide bonds. The first-order valence-electron chi connectivity index (χ1n) is 7.78. The minimum atomic E-state index is 0.785. The summed E-state index contributed by atoms with van der Waals surface area (Å²) in [7, 11) is 1.74. The van der Waals surface area contributed by atoms with Crippen LogP contribution in [0.1, 0.15) is 49.7 Å². The highest BCUT2D eigenvalue weighted by Crippen LogP contribution is 2.39. The van der Waals surface area contributed by atoms with E-state index in [1.807, 2.05) is 0 Å². The molecule has 1 saturated carbocycles.